The van der Waals surface area contributed by atoms with Crippen molar-refractivity contribution in [2.24, 2.45) is 0 Å². The molecule has 1 N–H and O–H groups in total. The maximum atomic E-state index is 11.0. The largest absolute Gasteiger partial charge is 0.481 e. The number of hydrogen-bond donors (Lipinski definition) is 1. The van der Waals surface area contributed by atoms with E-state index in [0.717, 1.165) is 5.56 Å². The van der Waals surface area contributed by atoms with E-state index in [1.807, 2.05) is 0 Å². The fraction of sp³-hybridized carbons (Fsp3) is 0.0625. The van der Waals surface area contributed by atoms with E-state index in [9.17, 15) is 4.79 Å². The van der Waals surface area contributed by atoms with Crippen LogP contribution in [0.4, 0.5) is 0 Å². The molecule has 5 nitrogen and oxygen atoms in total. The van der Waals surface area contributed by atoms with Gasteiger partial charge in [0.15, 0.2) is 5.76 Å². The Kier molecular flexibility index (Phi) is 3.89. The van der Waals surface area contributed by atoms with Gasteiger partial charge in [0.2, 0.25) is 5.89 Å². The van der Waals surface area contributed by atoms with E-state index in [1.54, 1.807) is 48.8 Å². The first-order chi connectivity index (χ1) is 10.6. The molecule has 0 aliphatic rings. The Bertz CT molecular complexity index is 798. The summed E-state index contributed by atoms with van der Waals surface area (Å²) in [4.78, 5) is 19.4. The van der Waals surface area contributed by atoms with Crippen molar-refractivity contribution in [2.75, 3.05) is 0 Å². The molecule has 0 amide bonds. The van der Waals surface area contributed by atoms with Crippen LogP contribution in [0, 0.1) is 0 Å². The lowest BCUT2D eigenvalue weighted by atomic mass is 10.1. The Balaban J connectivity index is 2.08. The Morgan fingerprint density at radius 2 is 1.95 bits per heavy atom. The summed E-state index contributed by atoms with van der Waals surface area (Å²) < 4.78 is 5.77. The van der Waals surface area contributed by atoms with Crippen LogP contribution in [-0.4, -0.2) is 21.0 Å². The van der Waals surface area contributed by atoms with Crippen molar-refractivity contribution in [1.29, 1.82) is 0 Å². The monoisotopic (exact) mass is 314 g/mol. The van der Waals surface area contributed by atoms with E-state index in [2.05, 4.69) is 9.97 Å². The number of halogens is 1. The highest BCUT2D eigenvalue weighted by Crippen LogP contribution is 2.30. The number of rotatable bonds is 4. The lowest BCUT2D eigenvalue weighted by molar-refractivity contribution is -0.136. The quantitative estimate of drug-likeness (QED) is 0.795. The third kappa shape index (κ3) is 2.99. The number of hydrogen-bond acceptors (Lipinski definition) is 4. The number of benzene rings is 1. The Morgan fingerprint density at radius 3 is 2.59 bits per heavy atom. The molecular formula is C16H11ClN2O3. The molecule has 3 rings (SSSR count). The minimum absolute atomic E-state index is 0.221. The van der Waals surface area contributed by atoms with Crippen molar-refractivity contribution in [1.82, 2.24) is 9.97 Å². The molecule has 0 fully saturated rings. The van der Waals surface area contributed by atoms with Gasteiger partial charge in [0.1, 0.15) is 0 Å². The molecule has 3 aromatic rings. The van der Waals surface area contributed by atoms with Crippen molar-refractivity contribution in [3.8, 4) is 22.8 Å². The first-order valence-electron chi connectivity index (χ1n) is 6.51. The number of aliphatic carboxylic acids is 1. The van der Waals surface area contributed by atoms with Gasteiger partial charge in [-0.3, -0.25) is 9.78 Å². The van der Waals surface area contributed by atoms with E-state index in [4.69, 9.17) is 21.1 Å². The van der Waals surface area contributed by atoms with Crippen LogP contribution in [0.25, 0.3) is 22.8 Å². The van der Waals surface area contributed by atoms with Crippen molar-refractivity contribution in [2.45, 2.75) is 6.42 Å². The smallest absolute Gasteiger partial charge is 0.309 e. The summed E-state index contributed by atoms with van der Waals surface area (Å²) in [6.07, 6.45) is 3.02. The summed E-state index contributed by atoms with van der Waals surface area (Å²) in [5, 5.41) is 9.64. The van der Waals surface area contributed by atoms with Crippen molar-refractivity contribution in [3.05, 3.63) is 59.5 Å². The zero-order valence-electron chi connectivity index (χ0n) is 11.4. The fourth-order valence-electron chi connectivity index (χ4n) is 2.05. The number of oxazole rings is 1. The molecule has 0 atom stereocenters. The number of aromatic nitrogens is 2. The second-order valence-electron chi connectivity index (χ2n) is 4.61. The lowest BCUT2D eigenvalue weighted by Gasteiger charge is -1.98. The number of pyridine rings is 1. The molecule has 6 heteroatoms. The average molecular weight is 315 g/mol. The molecule has 0 saturated carbocycles. The second kappa shape index (κ2) is 5.99. The normalized spacial score (nSPS) is 10.6. The van der Waals surface area contributed by atoms with Crippen LogP contribution >= 0.6 is 11.6 Å². The molecule has 0 radical (unpaired) electrons. The highest BCUT2D eigenvalue weighted by molar-refractivity contribution is 6.30. The maximum absolute atomic E-state index is 11.0. The minimum atomic E-state index is -0.971. The summed E-state index contributed by atoms with van der Waals surface area (Å²) in [5.74, 6) is -0.201. The van der Waals surface area contributed by atoms with Gasteiger partial charge in [-0.15, -0.1) is 0 Å². The molecule has 0 spiro atoms. The van der Waals surface area contributed by atoms with Crippen LogP contribution in [0.5, 0.6) is 0 Å². The summed E-state index contributed by atoms with van der Waals surface area (Å²) in [6, 6.07) is 10.5. The second-order valence-corrected chi connectivity index (χ2v) is 5.05. The number of carboxylic acid groups (broad SMARTS) is 1. The van der Waals surface area contributed by atoms with Gasteiger partial charge in [-0.2, -0.15) is 0 Å². The SMILES string of the molecule is O=C(O)Cc1nc(-c2ccc(Cl)cc2)oc1-c1cccnc1. The summed E-state index contributed by atoms with van der Waals surface area (Å²) in [6.45, 7) is 0. The summed E-state index contributed by atoms with van der Waals surface area (Å²) >= 11 is 5.86. The van der Waals surface area contributed by atoms with E-state index >= 15 is 0 Å². The predicted octanol–water partition coefficient (Wildman–Crippen LogP) is 3.68. The zero-order valence-corrected chi connectivity index (χ0v) is 12.1. The molecule has 0 aliphatic carbocycles. The van der Waals surface area contributed by atoms with Gasteiger partial charge in [-0.1, -0.05) is 11.6 Å². The Hall–Kier alpha value is -2.66. The van der Waals surface area contributed by atoms with Crippen LogP contribution in [0.2, 0.25) is 5.02 Å². The molecule has 2 heterocycles. The molecule has 0 bridgehead atoms. The third-order valence-electron chi connectivity index (χ3n) is 3.03. The van der Waals surface area contributed by atoms with Gasteiger partial charge in [0.25, 0.3) is 0 Å². The van der Waals surface area contributed by atoms with Gasteiger partial charge in [-0.25, -0.2) is 4.98 Å². The molecule has 22 heavy (non-hydrogen) atoms. The Labute approximate surface area is 131 Å². The van der Waals surface area contributed by atoms with Gasteiger partial charge >= 0.3 is 5.97 Å². The highest BCUT2D eigenvalue weighted by atomic mass is 35.5. The van der Waals surface area contributed by atoms with Gasteiger partial charge < -0.3 is 9.52 Å². The topological polar surface area (TPSA) is 76.2 Å². The molecule has 1 aromatic carbocycles. The molecule has 110 valence electrons. The first-order valence-corrected chi connectivity index (χ1v) is 6.89. The Morgan fingerprint density at radius 1 is 1.18 bits per heavy atom. The number of carbonyl (C=O) groups is 1. The zero-order chi connectivity index (χ0) is 15.5. The molecular weight excluding hydrogens is 304 g/mol. The van der Waals surface area contributed by atoms with E-state index in [0.29, 0.717) is 27.9 Å². The van der Waals surface area contributed by atoms with E-state index in [-0.39, 0.29) is 6.42 Å². The van der Waals surface area contributed by atoms with Gasteiger partial charge in [0, 0.05) is 28.5 Å². The molecule has 0 saturated heterocycles. The molecule has 0 unspecified atom stereocenters. The van der Waals surface area contributed by atoms with E-state index < -0.39 is 5.97 Å². The standard InChI is InChI=1S/C16H11ClN2O3/c17-12-5-3-10(4-6-12)16-19-13(8-14(20)21)15(22-16)11-2-1-7-18-9-11/h1-7,9H,8H2,(H,20,21). The summed E-state index contributed by atoms with van der Waals surface area (Å²) in [5.41, 5.74) is 1.78. The first kappa shape index (κ1) is 14.3. The van der Waals surface area contributed by atoms with Crippen molar-refractivity contribution < 1.29 is 14.3 Å². The maximum Gasteiger partial charge on any atom is 0.309 e. The van der Waals surface area contributed by atoms with Crippen LogP contribution in [0.1, 0.15) is 5.69 Å². The minimum Gasteiger partial charge on any atom is -0.481 e. The fourth-order valence-corrected chi connectivity index (χ4v) is 2.18. The van der Waals surface area contributed by atoms with Gasteiger partial charge in [-0.05, 0) is 36.4 Å². The van der Waals surface area contributed by atoms with Crippen LogP contribution in [-0.2, 0) is 11.2 Å². The molecule has 0 aliphatic heterocycles. The van der Waals surface area contributed by atoms with E-state index in [1.165, 1.54) is 0 Å². The third-order valence-corrected chi connectivity index (χ3v) is 3.28. The molecule has 2 aromatic heterocycles. The highest BCUT2D eigenvalue weighted by Gasteiger charge is 2.18. The van der Waals surface area contributed by atoms with Crippen molar-refractivity contribution in [3.63, 3.8) is 0 Å². The van der Waals surface area contributed by atoms with Crippen LogP contribution in [0.3, 0.4) is 0 Å². The summed E-state index contributed by atoms with van der Waals surface area (Å²) in [7, 11) is 0. The lowest BCUT2D eigenvalue weighted by Crippen LogP contribution is -2.01. The van der Waals surface area contributed by atoms with Crippen LogP contribution < -0.4 is 0 Å². The average Bonchev–Trinajstić information content (AvgIpc) is 2.92. The number of carboxylic acids is 1. The number of nitrogens with zero attached hydrogens (tertiary/aromatic N) is 2. The van der Waals surface area contributed by atoms with Gasteiger partial charge in [0.05, 0.1) is 12.1 Å². The van der Waals surface area contributed by atoms with Crippen molar-refractivity contribution >= 4 is 17.6 Å². The predicted molar refractivity (Wildman–Crippen MR) is 81.5 cm³/mol. The van der Waals surface area contributed by atoms with Crippen LogP contribution in [0.15, 0.2) is 53.2 Å².